The van der Waals surface area contributed by atoms with Crippen LogP contribution in [-0.4, -0.2) is 69.7 Å². The van der Waals surface area contributed by atoms with Crippen LogP contribution in [0.1, 0.15) is 18.5 Å². The van der Waals surface area contributed by atoms with E-state index in [1.807, 2.05) is 0 Å². The molecule has 15 heteroatoms. The number of hydrogen-bond donors (Lipinski definition) is 2. The van der Waals surface area contributed by atoms with E-state index in [1.54, 1.807) is 6.08 Å². The molecular weight excluding hydrogens is 497 g/mol. The zero-order valence-corrected chi connectivity index (χ0v) is 21.8. The van der Waals surface area contributed by atoms with Crippen LogP contribution in [0.2, 0.25) is 0 Å². The van der Waals surface area contributed by atoms with Crippen molar-refractivity contribution in [1.82, 2.24) is 15.2 Å². The molecule has 4 rings (SSSR count). The monoisotopic (exact) mass is 515 g/mol. The molecule has 0 spiro atoms. The molecule has 1 aromatic heterocycles. The van der Waals surface area contributed by atoms with Crippen molar-refractivity contribution >= 4 is 57.7 Å². The van der Waals surface area contributed by atoms with Gasteiger partial charge in [0.2, 0.25) is 0 Å². The van der Waals surface area contributed by atoms with E-state index < -0.39 is 35.3 Å². The Morgan fingerprint density at radius 2 is 2.21 bits per heavy atom. The fraction of sp³-hybridized carbons (Fsp3) is 0.368. The second kappa shape index (κ2) is 10.9. The fourth-order valence-electron chi connectivity index (χ4n) is 3.57. The number of nitrogens with two attached hydrogens (primary N) is 1. The fourth-order valence-corrected chi connectivity index (χ4v) is 5.43. The Bertz CT molecular complexity index is 1120. The van der Waals surface area contributed by atoms with E-state index >= 15 is 0 Å². The molecule has 0 saturated carbocycles. The predicted molar refractivity (Wildman–Crippen MR) is 115 cm³/mol. The molecule has 2 saturated heterocycles. The quantitative estimate of drug-likeness (QED) is 0.119. The van der Waals surface area contributed by atoms with E-state index in [0.717, 1.165) is 16.2 Å². The molecule has 2 fully saturated rings. The smallest absolute Gasteiger partial charge is 0.543 e. The maximum Gasteiger partial charge on any atom is 1.00 e. The molecule has 0 aliphatic carbocycles. The van der Waals surface area contributed by atoms with Crippen LogP contribution >= 0.6 is 23.1 Å². The number of thioether (sulfide) groups is 1. The molecule has 3 atom stereocenters. The summed E-state index contributed by atoms with van der Waals surface area (Å²) in [5, 5.41) is 19.2. The molecule has 3 aliphatic rings. The maximum atomic E-state index is 12.8. The van der Waals surface area contributed by atoms with Crippen LogP contribution in [0, 0.1) is 0 Å². The number of nitrogens with zero attached hydrogens (tertiary/aromatic N) is 3. The second-order valence-corrected chi connectivity index (χ2v) is 9.14. The molecule has 1 aromatic rings. The third kappa shape index (κ3) is 5.15. The normalized spacial score (nSPS) is 24.3. The van der Waals surface area contributed by atoms with Crippen molar-refractivity contribution in [2.75, 3.05) is 18.6 Å². The van der Waals surface area contributed by atoms with Gasteiger partial charge in [-0.05, 0) is 18.1 Å². The number of esters is 1. The van der Waals surface area contributed by atoms with E-state index in [-0.39, 0.29) is 63.5 Å². The number of carboxylic acids is 1. The molecule has 12 nitrogen and oxygen atoms in total. The van der Waals surface area contributed by atoms with Crippen LogP contribution in [-0.2, 0) is 28.8 Å². The Hall–Kier alpha value is -2.39. The summed E-state index contributed by atoms with van der Waals surface area (Å²) < 4.78 is 5.09. The molecule has 174 valence electrons. The van der Waals surface area contributed by atoms with Crippen molar-refractivity contribution in [3.63, 3.8) is 0 Å². The Balaban J connectivity index is 0.00000324. The summed E-state index contributed by atoms with van der Waals surface area (Å²) in [4.78, 5) is 58.4. The van der Waals surface area contributed by atoms with E-state index in [2.05, 4.69) is 15.5 Å². The van der Waals surface area contributed by atoms with Crippen molar-refractivity contribution in [3.8, 4) is 0 Å². The predicted octanol–water partition coefficient (Wildman–Crippen LogP) is -4.25. The number of fused-ring (bicyclic) bond motifs is 1. The number of oxime groups is 1. The Kier molecular flexibility index (Phi) is 8.41. The number of carbonyl (C=O) groups excluding carboxylic acids is 4. The number of ether oxygens (including phenoxy) is 1. The largest absolute Gasteiger partial charge is 1.00 e. The number of amides is 2. The first-order valence-electron chi connectivity index (χ1n) is 9.70. The van der Waals surface area contributed by atoms with Gasteiger partial charge in [0.05, 0.1) is 11.7 Å². The SMILES string of the molecule is CO/N=C(\C(=O)N[C@@H]1C(=O)N2C(C(=O)[O-])=C(/C=C/C3CCC(=O)O3)CS[C@H]12)c1csc(N)n1.[Na+]. The Morgan fingerprint density at radius 1 is 1.44 bits per heavy atom. The number of aliphatic carboxylic acids is 1. The second-order valence-electron chi connectivity index (χ2n) is 7.14. The van der Waals surface area contributed by atoms with E-state index in [0.29, 0.717) is 18.4 Å². The summed E-state index contributed by atoms with van der Waals surface area (Å²) in [7, 11) is 1.26. The van der Waals surface area contributed by atoms with E-state index in [1.165, 1.54) is 30.3 Å². The zero-order chi connectivity index (χ0) is 23.7. The molecule has 2 amide bonds. The molecule has 0 aromatic carbocycles. The third-order valence-corrected chi connectivity index (χ3v) is 7.04. The van der Waals surface area contributed by atoms with Gasteiger partial charge >= 0.3 is 35.5 Å². The summed E-state index contributed by atoms with van der Waals surface area (Å²) in [5.74, 6) is -2.89. The van der Waals surface area contributed by atoms with Gasteiger partial charge in [0.15, 0.2) is 10.8 Å². The maximum absolute atomic E-state index is 12.8. The number of anilines is 1. The number of β-lactam (4-membered cyclic amide) rings is 1. The molecule has 0 radical (unpaired) electrons. The number of thiazole rings is 1. The first-order valence-corrected chi connectivity index (χ1v) is 11.6. The number of cyclic esters (lactones) is 1. The number of carbonyl (C=O) groups is 4. The third-order valence-electron chi connectivity index (χ3n) is 5.07. The summed E-state index contributed by atoms with van der Waals surface area (Å²) in [6.45, 7) is 0. The van der Waals surface area contributed by atoms with Crippen LogP contribution < -0.4 is 45.7 Å². The number of nitrogens with one attached hydrogen (secondary N) is 1. The number of aromatic nitrogens is 1. The Morgan fingerprint density at radius 3 is 2.79 bits per heavy atom. The van der Waals surface area contributed by atoms with Gasteiger partial charge in [0.25, 0.3) is 11.8 Å². The van der Waals surface area contributed by atoms with Crippen molar-refractivity contribution < 1.29 is 63.4 Å². The minimum atomic E-state index is -1.51. The van der Waals surface area contributed by atoms with Gasteiger partial charge in [0, 0.05) is 17.6 Å². The van der Waals surface area contributed by atoms with Crippen molar-refractivity contribution in [3.05, 3.63) is 34.5 Å². The minimum absolute atomic E-state index is 0. The van der Waals surface area contributed by atoms with Crippen molar-refractivity contribution in [2.45, 2.75) is 30.4 Å². The van der Waals surface area contributed by atoms with Crippen LogP contribution in [0.15, 0.2) is 34.0 Å². The summed E-state index contributed by atoms with van der Waals surface area (Å²) in [6, 6.07) is -0.976. The van der Waals surface area contributed by atoms with Crippen LogP contribution in [0.3, 0.4) is 0 Å². The average molecular weight is 516 g/mol. The van der Waals surface area contributed by atoms with Gasteiger partial charge in [-0.3, -0.25) is 19.3 Å². The van der Waals surface area contributed by atoms with Gasteiger partial charge in [-0.25, -0.2) is 4.98 Å². The van der Waals surface area contributed by atoms with Gasteiger partial charge in [-0.15, -0.1) is 23.1 Å². The zero-order valence-electron chi connectivity index (χ0n) is 18.2. The van der Waals surface area contributed by atoms with Crippen LogP contribution in [0.4, 0.5) is 5.13 Å². The van der Waals surface area contributed by atoms with Gasteiger partial charge < -0.3 is 30.5 Å². The molecule has 3 N–H and O–H groups in total. The summed E-state index contributed by atoms with van der Waals surface area (Å²) >= 11 is 2.39. The van der Waals surface area contributed by atoms with E-state index in [9.17, 15) is 24.3 Å². The van der Waals surface area contributed by atoms with Gasteiger partial charge in [-0.1, -0.05) is 11.2 Å². The number of carboxylic acid groups (broad SMARTS) is 1. The van der Waals surface area contributed by atoms with Crippen molar-refractivity contribution in [2.24, 2.45) is 5.16 Å². The van der Waals surface area contributed by atoms with Crippen molar-refractivity contribution in [1.29, 1.82) is 0 Å². The van der Waals surface area contributed by atoms with Crippen LogP contribution in [0.25, 0.3) is 0 Å². The number of allylic oxidation sites excluding steroid dienone is 1. The minimum Gasteiger partial charge on any atom is -0.543 e. The standard InChI is InChI=1S/C19H19N5O7S2.Na/c1-30-23-12(10-7-33-19(20)21-10)15(26)22-13-16(27)24-14(18(28)29)8(6-32-17(13)24)2-3-9-4-5-11(25)31-9;/h2-3,7,9,13,17H,4-6H2,1H3,(H2,20,21)(H,22,26)(H,28,29);/q;+1/p-1/b3-2+,23-12-;/t9?,13-,17-;/m1./s1. The summed E-state index contributed by atoms with van der Waals surface area (Å²) in [5.41, 5.74) is 5.72. The Labute approximate surface area is 223 Å². The van der Waals surface area contributed by atoms with Gasteiger partial charge in [-0.2, -0.15) is 0 Å². The molecule has 3 aliphatic heterocycles. The molecule has 34 heavy (non-hydrogen) atoms. The first kappa shape index (κ1) is 26.2. The average Bonchev–Trinajstić information content (AvgIpc) is 3.40. The molecule has 0 bridgehead atoms. The topological polar surface area (TPSA) is 176 Å². The van der Waals surface area contributed by atoms with E-state index in [4.69, 9.17) is 15.3 Å². The first-order chi connectivity index (χ1) is 15.8. The van der Waals surface area contributed by atoms with Gasteiger partial charge in [0.1, 0.15) is 30.3 Å². The molecule has 1 unspecified atom stereocenters. The molecule has 4 heterocycles. The number of rotatable bonds is 7. The van der Waals surface area contributed by atoms with Crippen LogP contribution in [0.5, 0.6) is 0 Å². The molecular formula is C19H18N5NaO7S2. The summed E-state index contributed by atoms with van der Waals surface area (Å²) in [6.07, 6.45) is 3.50. The number of nitrogen functional groups attached to an aromatic ring is 1. The number of hydrogen-bond acceptors (Lipinski definition) is 12.